The van der Waals surface area contributed by atoms with Crippen LogP contribution in [0.4, 0.5) is 5.69 Å². The first-order chi connectivity index (χ1) is 13.6. The van der Waals surface area contributed by atoms with Crippen molar-refractivity contribution < 1.29 is 19.1 Å². The summed E-state index contributed by atoms with van der Waals surface area (Å²) in [6.07, 6.45) is 5.17. The average Bonchev–Trinajstić information content (AvgIpc) is 3.38. The predicted octanol–water partition coefficient (Wildman–Crippen LogP) is 3.96. The first kappa shape index (κ1) is 18.4. The number of amides is 2. The highest BCUT2D eigenvalue weighted by molar-refractivity contribution is 6.32. The molecule has 2 aromatic rings. The number of ether oxygens (including phenoxy) is 2. The third kappa shape index (κ3) is 3.97. The van der Waals surface area contributed by atoms with Crippen LogP contribution in [0.15, 0.2) is 42.5 Å². The van der Waals surface area contributed by atoms with Crippen LogP contribution in [0, 0.1) is 0 Å². The molecule has 0 aromatic heterocycles. The van der Waals surface area contributed by atoms with E-state index in [1.807, 2.05) is 4.90 Å². The Bertz CT molecular complexity index is 934. The maximum Gasteiger partial charge on any atom is 0.253 e. The number of hydrogen-bond acceptors (Lipinski definition) is 4. The van der Waals surface area contributed by atoms with E-state index >= 15 is 0 Å². The number of benzene rings is 2. The first-order valence-electron chi connectivity index (χ1n) is 9.08. The smallest absolute Gasteiger partial charge is 0.253 e. The van der Waals surface area contributed by atoms with Crippen LogP contribution in [0.1, 0.15) is 28.8 Å². The second kappa shape index (κ2) is 7.94. The number of anilines is 1. The van der Waals surface area contributed by atoms with Gasteiger partial charge in [-0.25, -0.2) is 0 Å². The Morgan fingerprint density at radius 1 is 1.07 bits per heavy atom. The number of likely N-dealkylation sites (tertiary alicyclic amines) is 1. The average molecular weight is 399 g/mol. The van der Waals surface area contributed by atoms with E-state index in [2.05, 4.69) is 5.32 Å². The fraction of sp³-hybridized carbons (Fsp3) is 0.238. The third-order valence-corrected chi connectivity index (χ3v) is 4.95. The highest BCUT2D eigenvalue weighted by atomic mass is 35.5. The van der Waals surface area contributed by atoms with Crippen LogP contribution in [0.2, 0.25) is 5.02 Å². The van der Waals surface area contributed by atoms with Gasteiger partial charge in [0, 0.05) is 30.4 Å². The lowest BCUT2D eigenvalue weighted by Gasteiger charge is -2.15. The van der Waals surface area contributed by atoms with Crippen molar-refractivity contribution in [2.75, 3.05) is 25.2 Å². The molecule has 2 aromatic carbocycles. The number of nitrogens with zero attached hydrogens (tertiary/aromatic N) is 1. The molecule has 0 radical (unpaired) electrons. The number of hydrogen-bond donors (Lipinski definition) is 1. The molecule has 0 aliphatic carbocycles. The summed E-state index contributed by atoms with van der Waals surface area (Å²) in [5.41, 5.74) is 1.98. The minimum Gasteiger partial charge on any atom is -0.454 e. The van der Waals surface area contributed by atoms with Gasteiger partial charge in [-0.1, -0.05) is 11.6 Å². The van der Waals surface area contributed by atoms with Crippen molar-refractivity contribution >= 4 is 35.2 Å². The van der Waals surface area contributed by atoms with Crippen molar-refractivity contribution in [1.29, 1.82) is 0 Å². The molecule has 6 nitrogen and oxygen atoms in total. The Morgan fingerprint density at radius 3 is 2.57 bits per heavy atom. The van der Waals surface area contributed by atoms with Gasteiger partial charge in [-0.2, -0.15) is 0 Å². The number of carbonyl (C=O) groups excluding carboxylic acids is 2. The third-order valence-electron chi connectivity index (χ3n) is 4.67. The minimum atomic E-state index is -0.285. The van der Waals surface area contributed by atoms with Gasteiger partial charge < -0.3 is 19.7 Å². The number of fused-ring (bicyclic) bond motifs is 1. The lowest BCUT2D eigenvalue weighted by Crippen LogP contribution is -2.27. The fourth-order valence-corrected chi connectivity index (χ4v) is 3.51. The largest absolute Gasteiger partial charge is 0.454 e. The second-order valence-corrected chi connectivity index (χ2v) is 7.04. The second-order valence-electron chi connectivity index (χ2n) is 6.64. The molecule has 2 aliphatic rings. The van der Waals surface area contributed by atoms with Crippen molar-refractivity contribution in [3.8, 4) is 11.5 Å². The highest BCUT2D eigenvalue weighted by Gasteiger charge is 2.19. The molecule has 0 spiro atoms. The van der Waals surface area contributed by atoms with Crippen LogP contribution < -0.4 is 14.8 Å². The maximum atomic E-state index is 12.3. The zero-order valence-electron chi connectivity index (χ0n) is 15.1. The molecule has 7 heteroatoms. The van der Waals surface area contributed by atoms with Gasteiger partial charge in [-0.05, 0) is 60.9 Å². The number of carbonyl (C=O) groups is 2. The van der Waals surface area contributed by atoms with Crippen LogP contribution in [-0.4, -0.2) is 36.6 Å². The lowest BCUT2D eigenvalue weighted by molar-refractivity contribution is -0.111. The molecule has 0 saturated carbocycles. The highest BCUT2D eigenvalue weighted by Crippen LogP contribution is 2.40. The molecular weight excluding hydrogens is 380 g/mol. The molecule has 0 bridgehead atoms. The monoisotopic (exact) mass is 398 g/mol. The molecule has 0 unspecified atom stereocenters. The molecule has 4 rings (SSSR count). The minimum absolute atomic E-state index is 0.0370. The van der Waals surface area contributed by atoms with Gasteiger partial charge in [0.2, 0.25) is 12.7 Å². The molecule has 1 N–H and O–H groups in total. The van der Waals surface area contributed by atoms with Crippen LogP contribution in [0.25, 0.3) is 6.08 Å². The van der Waals surface area contributed by atoms with Crippen molar-refractivity contribution in [2.45, 2.75) is 12.8 Å². The Hall–Kier alpha value is -2.99. The molecule has 2 amide bonds. The summed E-state index contributed by atoms with van der Waals surface area (Å²) < 4.78 is 10.6. The SMILES string of the molecule is O=C(/C=C/c1cc(Cl)c2c(c1)OCO2)Nc1ccc(C(=O)N2CCCC2)cc1. The molecule has 28 heavy (non-hydrogen) atoms. The summed E-state index contributed by atoms with van der Waals surface area (Å²) in [6, 6.07) is 10.4. The summed E-state index contributed by atoms with van der Waals surface area (Å²) >= 11 is 6.14. The molecule has 1 saturated heterocycles. The van der Waals surface area contributed by atoms with Crippen molar-refractivity contribution in [3.63, 3.8) is 0 Å². The standard InChI is InChI=1S/C21H19ClN2O4/c22-17-11-14(12-18-20(17)28-13-27-18)3-8-19(25)23-16-6-4-15(5-7-16)21(26)24-9-1-2-10-24/h3-8,11-12H,1-2,9-10,13H2,(H,23,25)/b8-3+. The number of nitrogens with one attached hydrogen (secondary N) is 1. The summed E-state index contributed by atoms with van der Waals surface area (Å²) in [5.74, 6) is 0.833. The zero-order chi connectivity index (χ0) is 19.5. The van der Waals surface area contributed by atoms with E-state index in [9.17, 15) is 9.59 Å². The van der Waals surface area contributed by atoms with E-state index in [1.165, 1.54) is 6.08 Å². The summed E-state index contributed by atoms with van der Waals surface area (Å²) in [4.78, 5) is 26.4. The topological polar surface area (TPSA) is 67.9 Å². The molecule has 2 aliphatic heterocycles. The quantitative estimate of drug-likeness (QED) is 0.791. The van der Waals surface area contributed by atoms with E-state index in [1.54, 1.807) is 42.5 Å². The van der Waals surface area contributed by atoms with Crippen LogP contribution in [0.5, 0.6) is 11.5 Å². The molecule has 144 valence electrons. The number of rotatable bonds is 4. The van der Waals surface area contributed by atoms with Gasteiger partial charge in [-0.15, -0.1) is 0 Å². The van der Waals surface area contributed by atoms with Gasteiger partial charge in [0.05, 0.1) is 5.02 Å². The van der Waals surface area contributed by atoms with E-state index in [4.69, 9.17) is 21.1 Å². The normalized spacial score (nSPS) is 15.2. The lowest BCUT2D eigenvalue weighted by atomic mass is 10.1. The van der Waals surface area contributed by atoms with Crippen molar-refractivity contribution in [2.24, 2.45) is 0 Å². The van der Waals surface area contributed by atoms with Crippen LogP contribution in [0.3, 0.4) is 0 Å². The summed E-state index contributed by atoms with van der Waals surface area (Å²) in [7, 11) is 0. The van der Waals surface area contributed by atoms with Gasteiger partial charge >= 0.3 is 0 Å². The van der Waals surface area contributed by atoms with E-state index in [-0.39, 0.29) is 18.6 Å². The Morgan fingerprint density at radius 2 is 1.82 bits per heavy atom. The summed E-state index contributed by atoms with van der Waals surface area (Å²) in [5, 5.41) is 3.21. The maximum absolute atomic E-state index is 12.3. The first-order valence-corrected chi connectivity index (χ1v) is 9.45. The van der Waals surface area contributed by atoms with Gasteiger partial charge in [0.15, 0.2) is 11.5 Å². The Kier molecular flexibility index (Phi) is 5.21. The van der Waals surface area contributed by atoms with Crippen molar-refractivity contribution in [3.05, 3.63) is 58.6 Å². The van der Waals surface area contributed by atoms with Gasteiger partial charge in [-0.3, -0.25) is 9.59 Å². The molecular formula is C21H19ClN2O4. The van der Waals surface area contributed by atoms with Crippen LogP contribution in [-0.2, 0) is 4.79 Å². The van der Waals surface area contributed by atoms with E-state index in [0.717, 1.165) is 31.5 Å². The van der Waals surface area contributed by atoms with Crippen molar-refractivity contribution in [1.82, 2.24) is 4.90 Å². The molecule has 0 atom stereocenters. The van der Waals surface area contributed by atoms with E-state index < -0.39 is 0 Å². The fourth-order valence-electron chi connectivity index (χ4n) is 3.24. The Labute approximate surface area is 167 Å². The Balaban J connectivity index is 1.38. The van der Waals surface area contributed by atoms with Gasteiger partial charge in [0.25, 0.3) is 5.91 Å². The summed E-state index contributed by atoms with van der Waals surface area (Å²) in [6.45, 7) is 1.76. The predicted molar refractivity (Wildman–Crippen MR) is 107 cm³/mol. The van der Waals surface area contributed by atoms with Gasteiger partial charge in [0.1, 0.15) is 0 Å². The van der Waals surface area contributed by atoms with Crippen LogP contribution >= 0.6 is 11.6 Å². The molecule has 2 heterocycles. The number of halogens is 1. The van der Waals surface area contributed by atoms with E-state index in [0.29, 0.717) is 27.8 Å². The zero-order valence-corrected chi connectivity index (χ0v) is 15.9. The molecule has 1 fully saturated rings.